The molecule has 6 nitrogen and oxygen atoms in total. The van der Waals surface area contributed by atoms with Crippen molar-refractivity contribution in [1.29, 1.82) is 0 Å². The van der Waals surface area contributed by atoms with Gasteiger partial charge in [-0.15, -0.1) is 0 Å². The molecule has 3 rings (SSSR count). The molecule has 1 N–H and O–H groups in total. The molecule has 27 heavy (non-hydrogen) atoms. The standard InChI is InChI=1S/C18H19F3N4O2/c19-18(20,21)12-27-16-6-4-5-14(23-16)17(26)24-15-8-7-13(11-22-15)25-9-2-1-3-10-25/h4-8,11H,1-3,9-10,12H2,(H,22,24,26). The zero-order valence-electron chi connectivity index (χ0n) is 14.5. The van der Waals surface area contributed by atoms with Crippen LogP contribution in [0.3, 0.4) is 0 Å². The van der Waals surface area contributed by atoms with Crippen LogP contribution in [0.15, 0.2) is 36.5 Å². The van der Waals surface area contributed by atoms with E-state index in [0.29, 0.717) is 5.82 Å². The molecule has 0 unspecified atom stereocenters. The lowest BCUT2D eigenvalue weighted by atomic mass is 10.1. The van der Waals surface area contributed by atoms with E-state index in [-0.39, 0.29) is 11.6 Å². The highest BCUT2D eigenvalue weighted by atomic mass is 19.4. The van der Waals surface area contributed by atoms with Crippen molar-refractivity contribution in [3.05, 3.63) is 42.2 Å². The summed E-state index contributed by atoms with van der Waals surface area (Å²) in [5, 5.41) is 2.58. The van der Waals surface area contributed by atoms with Gasteiger partial charge in [-0.3, -0.25) is 4.79 Å². The second-order valence-corrected chi connectivity index (χ2v) is 6.17. The fourth-order valence-electron chi connectivity index (χ4n) is 2.76. The normalized spacial score (nSPS) is 14.7. The third-order valence-corrected chi connectivity index (χ3v) is 4.05. The summed E-state index contributed by atoms with van der Waals surface area (Å²) in [4.78, 5) is 22.5. The van der Waals surface area contributed by atoms with Crippen molar-refractivity contribution in [3.8, 4) is 5.88 Å². The third kappa shape index (κ3) is 5.57. The summed E-state index contributed by atoms with van der Waals surface area (Å²) in [6, 6.07) is 7.61. The van der Waals surface area contributed by atoms with E-state index in [4.69, 9.17) is 0 Å². The smallest absolute Gasteiger partial charge is 0.422 e. The van der Waals surface area contributed by atoms with Gasteiger partial charge in [-0.2, -0.15) is 13.2 Å². The van der Waals surface area contributed by atoms with Crippen LogP contribution in [-0.4, -0.2) is 41.7 Å². The van der Waals surface area contributed by atoms with Crippen LogP contribution in [0, 0.1) is 0 Å². The Balaban J connectivity index is 1.61. The van der Waals surface area contributed by atoms with Gasteiger partial charge < -0.3 is 15.0 Å². The van der Waals surface area contributed by atoms with Crippen molar-refractivity contribution < 1.29 is 22.7 Å². The van der Waals surface area contributed by atoms with E-state index < -0.39 is 18.7 Å². The first-order chi connectivity index (χ1) is 12.9. The highest BCUT2D eigenvalue weighted by Gasteiger charge is 2.28. The topological polar surface area (TPSA) is 67.4 Å². The number of carbonyl (C=O) groups excluding carboxylic acids is 1. The van der Waals surface area contributed by atoms with E-state index in [1.54, 1.807) is 12.3 Å². The van der Waals surface area contributed by atoms with Crippen molar-refractivity contribution in [3.63, 3.8) is 0 Å². The number of halogens is 3. The molecule has 1 amide bonds. The Morgan fingerprint density at radius 1 is 1.15 bits per heavy atom. The molecule has 0 aromatic carbocycles. The summed E-state index contributed by atoms with van der Waals surface area (Å²) < 4.78 is 41.2. The second-order valence-electron chi connectivity index (χ2n) is 6.17. The van der Waals surface area contributed by atoms with Crippen molar-refractivity contribution in [2.45, 2.75) is 25.4 Å². The van der Waals surface area contributed by atoms with Gasteiger partial charge >= 0.3 is 6.18 Å². The summed E-state index contributed by atoms with van der Waals surface area (Å²) in [6.45, 7) is 0.509. The van der Waals surface area contributed by atoms with Crippen LogP contribution < -0.4 is 15.0 Å². The minimum atomic E-state index is -4.47. The first kappa shape index (κ1) is 18.9. The van der Waals surface area contributed by atoms with E-state index in [9.17, 15) is 18.0 Å². The number of hydrogen-bond acceptors (Lipinski definition) is 5. The zero-order chi connectivity index (χ0) is 19.3. The lowest BCUT2D eigenvalue weighted by Gasteiger charge is -2.28. The minimum Gasteiger partial charge on any atom is -0.468 e. The van der Waals surface area contributed by atoms with Gasteiger partial charge in [-0.05, 0) is 37.5 Å². The summed E-state index contributed by atoms with van der Waals surface area (Å²) >= 11 is 0. The van der Waals surface area contributed by atoms with Crippen LogP contribution in [0.25, 0.3) is 0 Å². The predicted octanol–water partition coefficient (Wildman–Crippen LogP) is 3.66. The fourth-order valence-corrected chi connectivity index (χ4v) is 2.76. The number of anilines is 2. The van der Waals surface area contributed by atoms with Gasteiger partial charge in [0.25, 0.3) is 5.91 Å². The van der Waals surface area contributed by atoms with Crippen molar-refractivity contribution in [1.82, 2.24) is 9.97 Å². The molecule has 2 aromatic rings. The van der Waals surface area contributed by atoms with Crippen LogP contribution in [0.1, 0.15) is 29.8 Å². The molecule has 144 valence electrons. The number of nitrogens with zero attached hydrogens (tertiary/aromatic N) is 3. The SMILES string of the molecule is O=C(Nc1ccc(N2CCCCC2)cn1)c1cccc(OCC(F)(F)F)n1. The molecule has 9 heteroatoms. The van der Waals surface area contributed by atoms with Gasteiger partial charge in [-0.1, -0.05) is 6.07 Å². The zero-order valence-corrected chi connectivity index (χ0v) is 14.5. The monoisotopic (exact) mass is 380 g/mol. The second kappa shape index (κ2) is 8.24. The Morgan fingerprint density at radius 2 is 1.93 bits per heavy atom. The highest BCUT2D eigenvalue weighted by molar-refractivity contribution is 6.02. The van der Waals surface area contributed by atoms with Crippen LogP contribution in [0.2, 0.25) is 0 Å². The molecule has 0 radical (unpaired) electrons. The first-order valence-corrected chi connectivity index (χ1v) is 8.60. The van der Waals surface area contributed by atoms with Crippen LogP contribution in [0.4, 0.5) is 24.7 Å². The minimum absolute atomic E-state index is 0.0587. The lowest BCUT2D eigenvalue weighted by Crippen LogP contribution is -2.29. The summed E-state index contributed by atoms with van der Waals surface area (Å²) in [7, 11) is 0. The molecule has 2 aromatic heterocycles. The number of alkyl halides is 3. The van der Waals surface area contributed by atoms with Crippen molar-refractivity contribution >= 4 is 17.4 Å². The molecular formula is C18H19F3N4O2. The average molecular weight is 380 g/mol. The number of aromatic nitrogens is 2. The molecule has 0 atom stereocenters. The van der Waals surface area contributed by atoms with Crippen molar-refractivity contribution in [2.75, 3.05) is 29.9 Å². The van der Waals surface area contributed by atoms with E-state index in [2.05, 4.69) is 24.9 Å². The van der Waals surface area contributed by atoms with Gasteiger partial charge in [0, 0.05) is 19.2 Å². The van der Waals surface area contributed by atoms with Gasteiger partial charge in [0.05, 0.1) is 11.9 Å². The van der Waals surface area contributed by atoms with E-state index >= 15 is 0 Å². The molecule has 0 aliphatic carbocycles. The molecule has 1 aliphatic heterocycles. The molecule has 3 heterocycles. The molecule has 1 aliphatic rings. The van der Waals surface area contributed by atoms with E-state index in [1.165, 1.54) is 24.6 Å². The maximum atomic E-state index is 12.3. The highest BCUT2D eigenvalue weighted by Crippen LogP contribution is 2.20. The fraction of sp³-hybridized carbons (Fsp3) is 0.389. The first-order valence-electron chi connectivity index (χ1n) is 8.60. The number of rotatable bonds is 5. The molecule has 0 bridgehead atoms. The number of ether oxygens (including phenoxy) is 1. The van der Waals surface area contributed by atoms with Crippen LogP contribution in [-0.2, 0) is 0 Å². The third-order valence-electron chi connectivity index (χ3n) is 4.05. The molecule has 0 spiro atoms. The quantitative estimate of drug-likeness (QED) is 0.858. The van der Waals surface area contributed by atoms with Gasteiger partial charge in [0.1, 0.15) is 11.5 Å². The van der Waals surface area contributed by atoms with Gasteiger partial charge in [-0.25, -0.2) is 9.97 Å². The van der Waals surface area contributed by atoms with E-state index in [0.717, 1.165) is 31.6 Å². The molecular weight excluding hydrogens is 361 g/mol. The number of nitrogens with one attached hydrogen (secondary N) is 1. The summed E-state index contributed by atoms with van der Waals surface area (Å²) in [6.07, 6.45) is 0.752. The molecule has 0 saturated carbocycles. The maximum absolute atomic E-state index is 12.3. The number of piperidine rings is 1. The van der Waals surface area contributed by atoms with Crippen molar-refractivity contribution in [2.24, 2.45) is 0 Å². The maximum Gasteiger partial charge on any atom is 0.422 e. The Hall–Kier alpha value is -2.84. The number of hydrogen-bond donors (Lipinski definition) is 1. The van der Waals surface area contributed by atoms with Gasteiger partial charge in [0.2, 0.25) is 5.88 Å². The van der Waals surface area contributed by atoms with Crippen LogP contribution in [0.5, 0.6) is 5.88 Å². The van der Waals surface area contributed by atoms with Crippen LogP contribution >= 0.6 is 0 Å². The molecule has 1 fully saturated rings. The van der Waals surface area contributed by atoms with E-state index in [1.807, 2.05) is 6.07 Å². The number of pyridine rings is 2. The Morgan fingerprint density at radius 3 is 2.59 bits per heavy atom. The largest absolute Gasteiger partial charge is 0.468 e. The average Bonchev–Trinajstić information content (AvgIpc) is 2.67. The van der Waals surface area contributed by atoms with Gasteiger partial charge in [0.15, 0.2) is 6.61 Å². The number of carbonyl (C=O) groups is 1. The lowest BCUT2D eigenvalue weighted by molar-refractivity contribution is -0.154. The molecule has 1 saturated heterocycles. The summed E-state index contributed by atoms with van der Waals surface area (Å²) in [5.74, 6) is -0.511. The Labute approximate surface area is 154 Å². The summed E-state index contributed by atoms with van der Waals surface area (Å²) in [5.41, 5.74) is 0.935. The predicted molar refractivity (Wildman–Crippen MR) is 94.0 cm³/mol. The Bertz CT molecular complexity index is 775. The number of amides is 1. The Kier molecular flexibility index (Phi) is 5.78.